The van der Waals surface area contributed by atoms with Crippen molar-refractivity contribution in [3.63, 3.8) is 0 Å². The predicted octanol–water partition coefficient (Wildman–Crippen LogP) is 2.59. The molecule has 0 unspecified atom stereocenters. The van der Waals surface area contributed by atoms with E-state index in [1.165, 1.54) is 5.56 Å². The van der Waals surface area contributed by atoms with E-state index in [0.29, 0.717) is 6.61 Å². The molecular formula is C13H20BrNO2. The molecule has 0 atom stereocenters. The van der Waals surface area contributed by atoms with Gasteiger partial charge in [-0.05, 0) is 30.7 Å². The second kappa shape index (κ2) is 9.59. The first kappa shape index (κ1) is 14.6. The van der Waals surface area contributed by atoms with Crippen LogP contribution in [0.1, 0.15) is 12.0 Å². The highest BCUT2D eigenvalue weighted by molar-refractivity contribution is 9.10. The lowest BCUT2D eigenvalue weighted by atomic mass is 10.2. The molecule has 0 fully saturated rings. The fourth-order valence-electron chi connectivity index (χ4n) is 1.38. The highest BCUT2D eigenvalue weighted by Gasteiger charge is 1.93. The minimum Gasteiger partial charge on any atom is -0.385 e. The minimum atomic E-state index is 0.674. The molecule has 0 aliphatic rings. The number of rotatable bonds is 9. The molecule has 0 aromatic heterocycles. The molecule has 1 aromatic carbocycles. The Labute approximate surface area is 112 Å². The van der Waals surface area contributed by atoms with Gasteiger partial charge in [-0.3, -0.25) is 0 Å². The van der Waals surface area contributed by atoms with Crippen LogP contribution in [0.2, 0.25) is 0 Å². The number of hydrogen-bond acceptors (Lipinski definition) is 3. The molecule has 96 valence electrons. The average Bonchev–Trinajstić information content (AvgIpc) is 2.35. The first-order valence-corrected chi connectivity index (χ1v) is 6.64. The van der Waals surface area contributed by atoms with Gasteiger partial charge in [0.2, 0.25) is 0 Å². The molecule has 1 rings (SSSR count). The standard InChI is InChI=1S/C13H20BrNO2/c1-16-9-2-7-15-8-10-17-11-12-3-5-13(14)6-4-12/h3-6,15H,2,7-11H2,1H3. The summed E-state index contributed by atoms with van der Waals surface area (Å²) in [5.41, 5.74) is 1.20. The molecule has 4 heteroatoms. The summed E-state index contributed by atoms with van der Waals surface area (Å²) >= 11 is 3.41. The van der Waals surface area contributed by atoms with E-state index in [4.69, 9.17) is 9.47 Å². The van der Waals surface area contributed by atoms with Crippen LogP contribution in [0.25, 0.3) is 0 Å². The molecule has 0 heterocycles. The zero-order valence-electron chi connectivity index (χ0n) is 10.2. The van der Waals surface area contributed by atoms with Crippen LogP contribution in [-0.4, -0.2) is 33.4 Å². The van der Waals surface area contributed by atoms with Crippen molar-refractivity contribution in [2.45, 2.75) is 13.0 Å². The van der Waals surface area contributed by atoms with Crippen molar-refractivity contribution >= 4 is 15.9 Å². The molecule has 0 radical (unpaired) electrons. The van der Waals surface area contributed by atoms with Crippen LogP contribution in [0.5, 0.6) is 0 Å². The molecule has 0 aliphatic heterocycles. The van der Waals surface area contributed by atoms with Crippen molar-refractivity contribution in [3.8, 4) is 0 Å². The van der Waals surface area contributed by atoms with Gasteiger partial charge in [0.05, 0.1) is 13.2 Å². The Bertz CT molecular complexity index is 290. The quantitative estimate of drug-likeness (QED) is 0.711. The third-order valence-electron chi connectivity index (χ3n) is 2.31. The molecule has 1 N–H and O–H groups in total. The summed E-state index contributed by atoms with van der Waals surface area (Å²) in [5.74, 6) is 0. The normalized spacial score (nSPS) is 10.7. The maximum Gasteiger partial charge on any atom is 0.0717 e. The third-order valence-corrected chi connectivity index (χ3v) is 2.84. The first-order valence-electron chi connectivity index (χ1n) is 5.85. The molecule has 0 aliphatic carbocycles. The largest absolute Gasteiger partial charge is 0.385 e. The van der Waals surface area contributed by atoms with Crippen LogP contribution in [0.3, 0.4) is 0 Å². The van der Waals surface area contributed by atoms with Gasteiger partial charge in [0.15, 0.2) is 0 Å². The summed E-state index contributed by atoms with van der Waals surface area (Å²) in [5, 5.41) is 3.30. The fraction of sp³-hybridized carbons (Fsp3) is 0.538. The van der Waals surface area contributed by atoms with Gasteiger partial charge in [-0.2, -0.15) is 0 Å². The summed E-state index contributed by atoms with van der Waals surface area (Å²) in [7, 11) is 1.72. The average molecular weight is 302 g/mol. The highest BCUT2D eigenvalue weighted by atomic mass is 79.9. The van der Waals surface area contributed by atoms with Crippen LogP contribution in [0.15, 0.2) is 28.7 Å². The maximum absolute atomic E-state index is 5.56. The summed E-state index contributed by atoms with van der Waals surface area (Å²) in [4.78, 5) is 0. The molecule has 0 saturated carbocycles. The summed E-state index contributed by atoms with van der Waals surface area (Å²) < 4.78 is 11.6. The van der Waals surface area contributed by atoms with Crippen LogP contribution in [0, 0.1) is 0 Å². The third kappa shape index (κ3) is 7.49. The van der Waals surface area contributed by atoms with Crippen LogP contribution < -0.4 is 5.32 Å². The van der Waals surface area contributed by atoms with Gasteiger partial charge in [-0.1, -0.05) is 28.1 Å². The van der Waals surface area contributed by atoms with Gasteiger partial charge in [0, 0.05) is 24.7 Å². The van der Waals surface area contributed by atoms with Crippen LogP contribution in [0.4, 0.5) is 0 Å². The van der Waals surface area contributed by atoms with Crippen molar-refractivity contribution in [2.24, 2.45) is 0 Å². The molecule has 3 nitrogen and oxygen atoms in total. The van der Waals surface area contributed by atoms with E-state index in [1.807, 2.05) is 12.1 Å². The van der Waals surface area contributed by atoms with Gasteiger partial charge in [0.25, 0.3) is 0 Å². The van der Waals surface area contributed by atoms with Crippen molar-refractivity contribution in [2.75, 3.05) is 33.4 Å². The molecular weight excluding hydrogens is 282 g/mol. The van der Waals surface area contributed by atoms with Gasteiger partial charge < -0.3 is 14.8 Å². The number of methoxy groups -OCH3 is 1. The Hall–Kier alpha value is -0.420. The Morgan fingerprint density at radius 1 is 1.12 bits per heavy atom. The summed E-state index contributed by atoms with van der Waals surface area (Å²) in [6.07, 6.45) is 1.04. The number of ether oxygens (including phenoxy) is 2. The Kier molecular flexibility index (Phi) is 8.26. The Balaban J connectivity index is 1.95. The fourth-order valence-corrected chi connectivity index (χ4v) is 1.65. The van der Waals surface area contributed by atoms with Gasteiger partial charge >= 0.3 is 0 Å². The first-order chi connectivity index (χ1) is 8.33. The molecule has 1 aromatic rings. The van der Waals surface area contributed by atoms with Crippen molar-refractivity contribution in [1.82, 2.24) is 5.32 Å². The second-order valence-electron chi connectivity index (χ2n) is 3.78. The van der Waals surface area contributed by atoms with Crippen LogP contribution in [-0.2, 0) is 16.1 Å². The smallest absolute Gasteiger partial charge is 0.0717 e. The zero-order valence-corrected chi connectivity index (χ0v) is 11.8. The van der Waals surface area contributed by atoms with E-state index < -0.39 is 0 Å². The molecule has 0 amide bonds. The molecule has 0 saturated heterocycles. The predicted molar refractivity (Wildman–Crippen MR) is 73.2 cm³/mol. The molecule has 17 heavy (non-hydrogen) atoms. The number of hydrogen-bond donors (Lipinski definition) is 1. The van der Waals surface area contributed by atoms with E-state index in [-0.39, 0.29) is 0 Å². The molecule has 0 bridgehead atoms. The van der Waals surface area contributed by atoms with Gasteiger partial charge in [0.1, 0.15) is 0 Å². The van der Waals surface area contributed by atoms with E-state index in [9.17, 15) is 0 Å². The van der Waals surface area contributed by atoms with E-state index in [0.717, 1.165) is 37.2 Å². The van der Waals surface area contributed by atoms with E-state index >= 15 is 0 Å². The lowest BCUT2D eigenvalue weighted by molar-refractivity contribution is 0.122. The second-order valence-corrected chi connectivity index (χ2v) is 4.69. The summed E-state index contributed by atoms with van der Waals surface area (Å²) in [6.45, 7) is 4.10. The number of nitrogens with one attached hydrogen (secondary N) is 1. The highest BCUT2D eigenvalue weighted by Crippen LogP contribution is 2.10. The summed E-state index contributed by atoms with van der Waals surface area (Å²) in [6, 6.07) is 8.19. The van der Waals surface area contributed by atoms with E-state index in [2.05, 4.69) is 33.4 Å². The Morgan fingerprint density at radius 3 is 2.59 bits per heavy atom. The van der Waals surface area contributed by atoms with Crippen molar-refractivity contribution in [3.05, 3.63) is 34.3 Å². The SMILES string of the molecule is COCCCNCCOCc1ccc(Br)cc1. The lowest BCUT2D eigenvalue weighted by Crippen LogP contribution is -2.21. The number of halogens is 1. The monoisotopic (exact) mass is 301 g/mol. The van der Waals surface area contributed by atoms with Crippen molar-refractivity contribution in [1.29, 1.82) is 0 Å². The Morgan fingerprint density at radius 2 is 1.88 bits per heavy atom. The maximum atomic E-state index is 5.56. The minimum absolute atomic E-state index is 0.674. The van der Waals surface area contributed by atoms with Gasteiger partial charge in [-0.25, -0.2) is 0 Å². The topological polar surface area (TPSA) is 30.5 Å². The van der Waals surface area contributed by atoms with Crippen molar-refractivity contribution < 1.29 is 9.47 Å². The van der Waals surface area contributed by atoms with E-state index in [1.54, 1.807) is 7.11 Å². The number of benzene rings is 1. The van der Waals surface area contributed by atoms with Gasteiger partial charge in [-0.15, -0.1) is 0 Å². The van der Waals surface area contributed by atoms with Crippen LogP contribution >= 0.6 is 15.9 Å². The lowest BCUT2D eigenvalue weighted by Gasteiger charge is -2.06. The molecule has 0 spiro atoms. The zero-order chi connectivity index (χ0) is 12.3.